The maximum absolute atomic E-state index is 12.4. The number of carbonyl (C=O) groups excluding carboxylic acids is 1. The molecule has 0 radical (unpaired) electrons. The molecule has 124 valence electrons. The van der Waals surface area contributed by atoms with Gasteiger partial charge in [0.1, 0.15) is 5.75 Å². The molecule has 0 fully saturated rings. The lowest BCUT2D eigenvalue weighted by molar-refractivity contribution is -0.117. The van der Waals surface area contributed by atoms with Crippen molar-refractivity contribution in [1.29, 1.82) is 0 Å². The van der Waals surface area contributed by atoms with Crippen molar-refractivity contribution in [3.05, 3.63) is 57.6 Å². The van der Waals surface area contributed by atoms with Gasteiger partial charge in [0.2, 0.25) is 5.91 Å². The Hall–Kier alpha value is -1.85. The molecule has 2 aromatic rings. The van der Waals surface area contributed by atoms with E-state index in [1.54, 1.807) is 0 Å². The fourth-order valence-corrected chi connectivity index (χ4v) is 4.35. The van der Waals surface area contributed by atoms with Gasteiger partial charge in [0.05, 0.1) is 10.4 Å². The summed E-state index contributed by atoms with van der Waals surface area (Å²) in [5.41, 5.74) is 3.92. The van der Waals surface area contributed by atoms with E-state index in [9.17, 15) is 9.90 Å². The van der Waals surface area contributed by atoms with Crippen molar-refractivity contribution < 1.29 is 9.90 Å². The second-order valence-corrected chi connectivity index (χ2v) is 7.40. The van der Waals surface area contributed by atoms with Gasteiger partial charge in [-0.05, 0) is 46.5 Å². The van der Waals surface area contributed by atoms with Crippen LogP contribution < -0.4 is 5.32 Å². The normalized spacial score (nSPS) is 22.8. The van der Waals surface area contributed by atoms with E-state index in [0.717, 1.165) is 36.3 Å². The molecule has 4 rings (SSSR count). The summed E-state index contributed by atoms with van der Waals surface area (Å²) in [6.07, 6.45) is 0.768. The topological polar surface area (TPSA) is 52.6 Å². The molecule has 2 aromatic carbocycles. The highest BCUT2D eigenvalue weighted by molar-refractivity contribution is 9.10. The third kappa shape index (κ3) is 2.43. The van der Waals surface area contributed by atoms with E-state index >= 15 is 0 Å². The van der Waals surface area contributed by atoms with Gasteiger partial charge >= 0.3 is 0 Å². The average molecular weight is 387 g/mol. The predicted octanol–water partition coefficient (Wildman–Crippen LogP) is 4.16. The number of rotatable bonds is 2. The van der Waals surface area contributed by atoms with E-state index in [0.29, 0.717) is 4.47 Å². The molecule has 2 heterocycles. The minimum Gasteiger partial charge on any atom is -0.506 e. The van der Waals surface area contributed by atoms with Crippen molar-refractivity contribution in [2.24, 2.45) is 0 Å². The lowest BCUT2D eigenvalue weighted by Gasteiger charge is -2.29. The maximum atomic E-state index is 12.4. The molecule has 4 nitrogen and oxygen atoms in total. The fourth-order valence-electron chi connectivity index (χ4n) is 3.91. The fraction of sp³-hybridized carbons (Fsp3) is 0.316. The zero-order valence-corrected chi connectivity index (χ0v) is 15.0. The lowest BCUT2D eigenvalue weighted by atomic mass is 9.91. The van der Waals surface area contributed by atoms with Crippen LogP contribution in [0.25, 0.3) is 0 Å². The summed E-state index contributed by atoms with van der Waals surface area (Å²) in [5, 5.41) is 13.6. The van der Waals surface area contributed by atoms with Crippen LogP contribution in [0.2, 0.25) is 0 Å². The Kier molecular flexibility index (Phi) is 3.85. The molecule has 0 saturated carbocycles. The number of aromatic hydroxyl groups is 1. The zero-order valence-electron chi connectivity index (χ0n) is 13.4. The second-order valence-electron chi connectivity index (χ2n) is 6.54. The van der Waals surface area contributed by atoms with E-state index in [-0.39, 0.29) is 23.6 Å². The Bertz CT molecular complexity index is 807. The Balaban J connectivity index is 1.78. The quantitative estimate of drug-likeness (QED) is 0.761. The molecule has 0 bridgehead atoms. The van der Waals surface area contributed by atoms with E-state index in [4.69, 9.17) is 0 Å². The smallest absolute Gasteiger partial charge is 0.232 e. The van der Waals surface area contributed by atoms with Crippen LogP contribution in [0.3, 0.4) is 0 Å². The van der Waals surface area contributed by atoms with Crippen molar-refractivity contribution in [3.8, 4) is 5.75 Å². The van der Waals surface area contributed by atoms with Gasteiger partial charge in [0, 0.05) is 30.4 Å². The van der Waals surface area contributed by atoms with Crippen molar-refractivity contribution in [3.63, 3.8) is 0 Å². The number of halogens is 1. The van der Waals surface area contributed by atoms with Gasteiger partial charge < -0.3 is 10.4 Å². The number of phenolic OH excluding ortho intramolecular Hbond substituents is 1. The summed E-state index contributed by atoms with van der Waals surface area (Å²) in [4.78, 5) is 14.7. The summed E-state index contributed by atoms with van der Waals surface area (Å²) in [6.45, 7) is 3.73. The number of phenols is 1. The standard InChI is InChI=1S/C19H19BrN2O2/c1-11-16-17-13(19(24)21-15(17)9-14(20)18(16)23)7-8-22(11)10-12-5-3-2-4-6-12/h2-6,9,11,13,23H,7-8,10H2,1H3,(H,21,24). The van der Waals surface area contributed by atoms with Gasteiger partial charge in [0.25, 0.3) is 0 Å². The molecular formula is C19H19BrN2O2. The Morgan fingerprint density at radius 3 is 2.79 bits per heavy atom. The molecule has 2 aliphatic heterocycles. The Morgan fingerprint density at radius 1 is 1.29 bits per heavy atom. The predicted molar refractivity (Wildman–Crippen MR) is 97.1 cm³/mol. The van der Waals surface area contributed by atoms with Crippen LogP contribution in [-0.2, 0) is 11.3 Å². The zero-order chi connectivity index (χ0) is 16.8. The summed E-state index contributed by atoms with van der Waals surface area (Å²) < 4.78 is 0.630. The number of benzene rings is 2. The average Bonchev–Trinajstić information content (AvgIpc) is 2.79. The highest BCUT2D eigenvalue weighted by Gasteiger charge is 2.40. The van der Waals surface area contributed by atoms with Crippen molar-refractivity contribution in [2.45, 2.75) is 31.8 Å². The molecule has 2 atom stereocenters. The van der Waals surface area contributed by atoms with Gasteiger partial charge in [-0.15, -0.1) is 0 Å². The number of hydrogen-bond donors (Lipinski definition) is 2. The molecule has 0 aliphatic carbocycles. The molecule has 24 heavy (non-hydrogen) atoms. The first-order valence-electron chi connectivity index (χ1n) is 8.20. The second kappa shape index (κ2) is 5.90. The summed E-state index contributed by atoms with van der Waals surface area (Å²) in [6, 6.07) is 12.2. The third-order valence-electron chi connectivity index (χ3n) is 5.15. The number of nitrogens with one attached hydrogen (secondary N) is 1. The minimum absolute atomic E-state index is 0.0363. The minimum atomic E-state index is -0.169. The van der Waals surface area contributed by atoms with Crippen LogP contribution in [0.4, 0.5) is 5.69 Å². The molecule has 1 amide bonds. The van der Waals surface area contributed by atoms with Crippen molar-refractivity contribution in [1.82, 2.24) is 4.90 Å². The van der Waals surface area contributed by atoms with Crippen molar-refractivity contribution in [2.75, 3.05) is 11.9 Å². The van der Waals surface area contributed by atoms with Crippen LogP contribution in [0.15, 0.2) is 40.9 Å². The van der Waals surface area contributed by atoms with Gasteiger partial charge in [-0.2, -0.15) is 0 Å². The van der Waals surface area contributed by atoms with E-state index in [1.807, 2.05) is 24.3 Å². The number of hydrogen-bond acceptors (Lipinski definition) is 3. The van der Waals surface area contributed by atoms with Crippen molar-refractivity contribution >= 4 is 27.5 Å². The van der Waals surface area contributed by atoms with Crippen LogP contribution >= 0.6 is 15.9 Å². The highest BCUT2D eigenvalue weighted by atomic mass is 79.9. The molecule has 2 unspecified atom stereocenters. The first-order chi connectivity index (χ1) is 11.6. The van der Waals surface area contributed by atoms with Crippen LogP contribution in [0.1, 0.15) is 42.0 Å². The molecule has 5 heteroatoms. The van der Waals surface area contributed by atoms with E-state index in [1.165, 1.54) is 5.56 Å². The SMILES string of the molecule is CC1c2c(O)c(Br)cc3c2C(CCN1Cc1ccccc1)C(=O)N3. The summed E-state index contributed by atoms with van der Waals surface area (Å²) in [7, 11) is 0. The Morgan fingerprint density at radius 2 is 2.04 bits per heavy atom. The number of anilines is 1. The van der Waals surface area contributed by atoms with E-state index in [2.05, 4.69) is 45.2 Å². The first-order valence-corrected chi connectivity index (χ1v) is 8.99. The van der Waals surface area contributed by atoms with Crippen LogP contribution in [-0.4, -0.2) is 22.5 Å². The van der Waals surface area contributed by atoms with E-state index < -0.39 is 0 Å². The maximum Gasteiger partial charge on any atom is 0.232 e. The number of carbonyl (C=O) groups is 1. The largest absolute Gasteiger partial charge is 0.506 e. The van der Waals surface area contributed by atoms with Gasteiger partial charge in [-0.1, -0.05) is 30.3 Å². The molecular weight excluding hydrogens is 368 g/mol. The van der Waals surface area contributed by atoms with Crippen LogP contribution in [0.5, 0.6) is 5.75 Å². The lowest BCUT2D eigenvalue weighted by Crippen LogP contribution is -2.27. The molecule has 2 aliphatic rings. The van der Waals surface area contributed by atoms with Gasteiger partial charge in [-0.25, -0.2) is 0 Å². The Labute approximate surface area is 149 Å². The molecule has 0 spiro atoms. The number of amides is 1. The molecule has 0 saturated heterocycles. The highest BCUT2D eigenvalue weighted by Crippen LogP contribution is 2.49. The van der Waals surface area contributed by atoms with Crippen LogP contribution in [0, 0.1) is 0 Å². The molecule has 0 aromatic heterocycles. The third-order valence-corrected chi connectivity index (χ3v) is 5.76. The first kappa shape index (κ1) is 15.7. The van der Waals surface area contributed by atoms with Gasteiger partial charge in [-0.3, -0.25) is 9.69 Å². The monoisotopic (exact) mass is 386 g/mol. The molecule has 2 N–H and O–H groups in total. The van der Waals surface area contributed by atoms with Gasteiger partial charge in [0.15, 0.2) is 0 Å². The summed E-state index contributed by atoms with van der Waals surface area (Å²) >= 11 is 3.42. The summed E-state index contributed by atoms with van der Waals surface area (Å²) in [5.74, 6) is 0.123. The number of nitrogens with zero attached hydrogens (tertiary/aromatic N) is 1.